The smallest absolute Gasteiger partial charge is 0.258 e. The summed E-state index contributed by atoms with van der Waals surface area (Å²) in [5, 5.41) is 3.38. The topological polar surface area (TPSA) is 42.0 Å². The van der Waals surface area contributed by atoms with Gasteiger partial charge in [-0.05, 0) is 24.3 Å². The number of para-hydroxylation sites is 1. The average molecular weight is 302 g/mol. The summed E-state index contributed by atoms with van der Waals surface area (Å²) >= 11 is 17.4. The first-order valence-corrected chi connectivity index (χ1v) is 6.09. The standard InChI is InChI=1S/C12H7Cl3N2O/c13-8-3-1-2-4-9(8)16-12(18)7-5-6-10(14)17-11(7)15/h1-6H,(H,16,18). The van der Waals surface area contributed by atoms with Crippen molar-refractivity contribution in [3.05, 3.63) is 57.3 Å². The highest BCUT2D eigenvalue weighted by Gasteiger charge is 2.13. The van der Waals surface area contributed by atoms with Gasteiger partial charge in [-0.1, -0.05) is 46.9 Å². The van der Waals surface area contributed by atoms with Gasteiger partial charge in [-0.3, -0.25) is 4.79 Å². The number of nitrogens with zero attached hydrogens (tertiary/aromatic N) is 1. The Balaban J connectivity index is 2.25. The van der Waals surface area contributed by atoms with E-state index < -0.39 is 5.91 Å². The molecule has 0 aliphatic rings. The van der Waals surface area contributed by atoms with Crippen molar-refractivity contribution in [3.8, 4) is 0 Å². The number of amides is 1. The van der Waals surface area contributed by atoms with Gasteiger partial charge < -0.3 is 5.32 Å². The maximum atomic E-state index is 12.0. The van der Waals surface area contributed by atoms with E-state index in [0.717, 1.165) is 0 Å². The second-order valence-corrected chi connectivity index (χ2v) is 4.56. The molecule has 0 spiro atoms. The molecule has 1 heterocycles. The molecule has 6 heteroatoms. The lowest BCUT2D eigenvalue weighted by molar-refractivity contribution is 0.102. The van der Waals surface area contributed by atoms with Gasteiger partial charge in [0.15, 0.2) is 0 Å². The van der Waals surface area contributed by atoms with E-state index in [1.54, 1.807) is 24.3 Å². The van der Waals surface area contributed by atoms with Crippen molar-refractivity contribution in [1.29, 1.82) is 0 Å². The predicted molar refractivity (Wildman–Crippen MR) is 73.7 cm³/mol. The van der Waals surface area contributed by atoms with Crippen LogP contribution in [0, 0.1) is 0 Å². The van der Waals surface area contributed by atoms with Crippen molar-refractivity contribution in [1.82, 2.24) is 4.98 Å². The van der Waals surface area contributed by atoms with Crippen LogP contribution in [-0.2, 0) is 0 Å². The van der Waals surface area contributed by atoms with E-state index in [4.69, 9.17) is 34.8 Å². The molecule has 0 aliphatic carbocycles. The van der Waals surface area contributed by atoms with Gasteiger partial charge in [0.25, 0.3) is 5.91 Å². The van der Waals surface area contributed by atoms with Gasteiger partial charge in [0.2, 0.25) is 0 Å². The van der Waals surface area contributed by atoms with Crippen LogP contribution in [0.2, 0.25) is 15.3 Å². The van der Waals surface area contributed by atoms with Crippen LogP contribution in [-0.4, -0.2) is 10.9 Å². The van der Waals surface area contributed by atoms with E-state index in [9.17, 15) is 4.79 Å². The van der Waals surface area contributed by atoms with Crippen LogP contribution in [0.5, 0.6) is 0 Å². The molecular formula is C12H7Cl3N2O. The molecule has 0 fully saturated rings. The number of rotatable bonds is 2. The Morgan fingerprint density at radius 2 is 1.78 bits per heavy atom. The fourth-order valence-corrected chi connectivity index (χ4v) is 1.95. The fraction of sp³-hybridized carbons (Fsp3) is 0. The van der Waals surface area contributed by atoms with Gasteiger partial charge in [-0.15, -0.1) is 0 Å². The Morgan fingerprint density at radius 3 is 2.44 bits per heavy atom. The van der Waals surface area contributed by atoms with Crippen molar-refractivity contribution in [2.45, 2.75) is 0 Å². The lowest BCUT2D eigenvalue weighted by Crippen LogP contribution is -2.13. The van der Waals surface area contributed by atoms with Gasteiger partial charge >= 0.3 is 0 Å². The molecule has 18 heavy (non-hydrogen) atoms. The minimum atomic E-state index is -0.391. The zero-order valence-corrected chi connectivity index (χ0v) is 11.2. The summed E-state index contributed by atoms with van der Waals surface area (Å²) < 4.78 is 0. The maximum Gasteiger partial charge on any atom is 0.258 e. The first-order chi connectivity index (χ1) is 8.58. The molecule has 0 aliphatic heterocycles. The number of nitrogens with one attached hydrogen (secondary N) is 1. The Bertz CT molecular complexity index is 602. The molecule has 1 aromatic carbocycles. The molecule has 1 aromatic heterocycles. The van der Waals surface area contributed by atoms with Crippen molar-refractivity contribution >= 4 is 46.4 Å². The fourth-order valence-electron chi connectivity index (χ4n) is 1.33. The van der Waals surface area contributed by atoms with E-state index in [2.05, 4.69) is 10.3 Å². The first kappa shape index (κ1) is 13.1. The quantitative estimate of drug-likeness (QED) is 0.841. The monoisotopic (exact) mass is 300 g/mol. The second kappa shape index (κ2) is 5.57. The molecule has 0 atom stereocenters. The van der Waals surface area contributed by atoms with Crippen molar-refractivity contribution in [2.75, 3.05) is 5.32 Å². The molecule has 1 N–H and O–H groups in total. The van der Waals surface area contributed by atoms with Crippen molar-refractivity contribution < 1.29 is 4.79 Å². The van der Waals surface area contributed by atoms with Crippen LogP contribution in [0.25, 0.3) is 0 Å². The highest BCUT2D eigenvalue weighted by atomic mass is 35.5. The van der Waals surface area contributed by atoms with Crippen LogP contribution >= 0.6 is 34.8 Å². The maximum absolute atomic E-state index is 12.0. The summed E-state index contributed by atoms with van der Waals surface area (Å²) in [4.78, 5) is 15.8. The summed E-state index contributed by atoms with van der Waals surface area (Å²) in [5.74, 6) is -0.391. The van der Waals surface area contributed by atoms with Gasteiger partial charge in [0.05, 0.1) is 16.3 Å². The average Bonchev–Trinajstić information content (AvgIpc) is 2.32. The molecule has 0 saturated carbocycles. The van der Waals surface area contributed by atoms with Crippen LogP contribution in [0.3, 0.4) is 0 Å². The molecule has 0 bridgehead atoms. The minimum Gasteiger partial charge on any atom is -0.321 e. The van der Waals surface area contributed by atoms with E-state index in [0.29, 0.717) is 10.7 Å². The Hall–Kier alpha value is -1.29. The molecule has 1 amide bonds. The van der Waals surface area contributed by atoms with Gasteiger partial charge in [-0.2, -0.15) is 0 Å². The lowest BCUT2D eigenvalue weighted by Gasteiger charge is -2.07. The number of benzene rings is 1. The largest absolute Gasteiger partial charge is 0.321 e. The number of halogens is 3. The lowest BCUT2D eigenvalue weighted by atomic mass is 10.2. The predicted octanol–water partition coefficient (Wildman–Crippen LogP) is 4.29. The highest BCUT2D eigenvalue weighted by Crippen LogP contribution is 2.23. The SMILES string of the molecule is O=C(Nc1ccccc1Cl)c1ccc(Cl)nc1Cl. The third-order valence-electron chi connectivity index (χ3n) is 2.18. The third-order valence-corrected chi connectivity index (χ3v) is 3.01. The number of anilines is 1. The molecule has 2 aromatic rings. The highest BCUT2D eigenvalue weighted by molar-refractivity contribution is 6.36. The molecule has 3 nitrogen and oxygen atoms in total. The Morgan fingerprint density at radius 1 is 1.06 bits per heavy atom. The molecule has 2 rings (SSSR count). The zero-order valence-electron chi connectivity index (χ0n) is 8.95. The molecule has 0 unspecified atom stereocenters. The van der Waals surface area contributed by atoms with Crippen molar-refractivity contribution in [3.63, 3.8) is 0 Å². The molecule has 0 radical (unpaired) electrons. The van der Waals surface area contributed by atoms with Crippen molar-refractivity contribution in [2.24, 2.45) is 0 Å². The number of hydrogen-bond acceptors (Lipinski definition) is 2. The number of aromatic nitrogens is 1. The first-order valence-electron chi connectivity index (χ1n) is 4.96. The zero-order chi connectivity index (χ0) is 13.1. The van der Waals surface area contributed by atoms with E-state index in [-0.39, 0.29) is 15.9 Å². The number of carbonyl (C=O) groups excluding carboxylic acids is 1. The third kappa shape index (κ3) is 2.93. The number of hydrogen-bond donors (Lipinski definition) is 1. The van der Waals surface area contributed by atoms with Crippen LogP contribution < -0.4 is 5.32 Å². The van der Waals surface area contributed by atoms with Gasteiger partial charge in [0, 0.05) is 0 Å². The van der Waals surface area contributed by atoms with E-state index in [1.165, 1.54) is 12.1 Å². The summed E-state index contributed by atoms with van der Waals surface area (Å²) in [5.41, 5.74) is 0.746. The van der Waals surface area contributed by atoms with Gasteiger partial charge in [0.1, 0.15) is 10.3 Å². The summed E-state index contributed by atoms with van der Waals surface area (Å²) in [6.45, 7) is 0. The summed E-state index contributed by atoms with van der Waals surface area (Å²) in [7, 11) is 0. The summed E-state index contributed by atoms with van der Waals surface area (Å²) in [6.07, 6.45) is 0. The van der Waals surface area contributed by atoms with Gasteiger partial charge in [-0.25, -0.2) is 4.98 Å². The number of pyridine rings is 1. The van der Waals surface area contributed by atoms with Crippen LogP contribution in [0.4, 0.5) is 5.69 Å². The van der Waals surface area contributed by atoms with Crippen LogP contribution in [0.15, 0.2) is 36.4 Å². The Labute approximate surface area is 119 Å². The summed E-state index contributed by atoms with van der Waals surface area (Å²) in [6, 6.07) is 9.91. The normalized spacial score (nSPS) is 10.2. The molecule has 0 saturated heterocycles. The molecule has 92 valence electrons. The molecular weight excluding hydrogens is 295 g/mol. The number of carbonyl (C=O) groups is 1. The second-order valence-electron chi connectivity index (χ2n) is 3.41. The van der Waals surface area contributed by atoms with Crippen LogP contribution in [0.1, 0.15) is 10.4 Å². The minimum absolute atomic E-state index is 0.0482. The van der Waals surface area contributed by atoms with E-state index >= 15 is 0 Å². The van der Waals surface area contributed by atoms with E-state index in [1.807, 2.05) is 0 Å². The Kier molecular flexibility index (Phi) is 4.07.